The Labute approximate surface area is 125 Å². The number of amides is 1. The molecule has 100 valence electrons. The van der Waals surface area contributed by atoms with Gasteiger partial charge in [-0.05, 0) is 36.2 Å². The molecule has 0 saturated heterocycles. The van der Waals surface area contributed by atoms with Crippen LogP contribution in [0.1, 0.15) is 28.3 Å². The lowest BCUT2D eigenvalue weighted by Gasteiger charge is -2.24. The summed E-state index contributed by atoms with van der Waals surface area (Å²) in [6.45, 7) is 1.92. The molecule has 2 aromatic rings. The number of benzene rings is 1. The molecule has 4 nitrogen and oxygen atoms in total. The first-order valence-electron chi connectivity index (χ1n) is 5.50. The Kier molecular flexibility index (Phi) is 4.39. The van der Waals surface area contributed by atoms with Gasteiger partial charge in [-0.3, -0.25) is 4.79 Å². The van der Waals surface area contributed by atoms with Gasteiger partial charge in [-0.25, -0.2) is 0 Å². The summed E-state index contributed by atoms with van der Waals surface area (Å²) in [6.07, 6.45) is 0. The van der Waals surface area contributed by atoms with E-state index in [1.807, 2.05) is 25.1 Å². The molecule has 0 bridgehead atoms. The molecule has 7 heteroatoms. The lowest BCUT2D eigenvalue weighted by Crippen LogP contribution is -2.29. The maximum Gasteiger partial charge on any atom is 0.285 e. The summed E-state index contributed by atoms with van der Waals surface area (Å²) < 4.78 is 0.257. The van der Waals surface area contributed by atoms with Crippen molar-refractivity contribution in [1.29, 1.82) is 0 Å². The van der Waals surface area contributed by atoms with E-state index in [0.717, 1.165) is 16.9 Å². The van der Waals surface area contributed by atoms with Gasteiger partial charge >= 0.3 is 0 Å². The molecule has 1 aromatic heterocycles. The maximum atomic E-state index is 12.2. The van der Waals surface area contributed by atoms with Gasteiger partial charge in [0.1, 0.15) is 0 Å². The van der Waals surface area contributed by atoms with Crippen LogP contribution in [0.5, 0.6) is 0 Å². The summed E-state index contributed by atoms with van der Waals surface area (Å²) in [5, 5.41) is 8.30. The van der Waals surface area contributed by atoms with E-state index in [-0.39, 0.29) is 21.4 Å². The third-order valence-corrected chi connectivity index (χ3v) is 4.06. The molecule has 0 aliphatic heterocycles. The Hall–Kier alpha value is -1.17. The molecule has 0 saturated carbocycles. The number of aromatic nitrogens is 2. The van der Waals surface area contributed by atoms with Crippen molar-refractivity contribution in [3.05, 3.63) is 44.3 Å². The van der Waals surface area contributed by atoms with Crippen molar-refractivity contribution in [3.63, 3.8) is 0 Å². The Morgan fingerprint density at radius 1 is 1.37 bits per heavy atom. The number of nitrogens with zero attached hydrogens (tertiary/aromatic N) is 3. The van der Waals surface area contributed by atoms with Crippen LogP contribution in [0, 0.1) is 0 Å². The summed E-state index contributed by atoms with van der Waals surface area (Å²) in [5.74, 6) is -0.211. The molecule has 1 atom stereocenters. The molecular formula is C12H11Cl2N3OS. The maximum absolute atomic E-state index is 12.2. The van der Waals surface area contributed by atoms with E-state index in [1.54, 1.807) is 18.0 Å². The van der Waals surface area contributed by atoms with E-state index < -0.39 is 0 Å². The van der Waals surface area contributed by atoms with E-state index in [2.05, 4.69) is 10.2 Å². The monoisotopic (exact) mass is 315 g/mol. The second-order valence-corrected chi connectivity index (χ2v) is 6.00. The van der Waals surface area contributed by atoms with Crippen molar-refractivity contribution in [2.45, 2.75) is 13.0 Å². The molecule has 19 heavy (non-hydrogen) atoms. The summed E-state index contributed by atoms with van der Waals surface area (Å²) in [7, 11) is 1.71. The first kappa shape index (κ1) is 14.2. The standard InChI is InChI=1S/C12H11Cl2N3OS/c1-7(8-4-3-5-9(13)6-8)17(2)11(18)10-15-16-12(14)19-10/h3-7H,1-2H3. The first-order valence-corrected chi connectivity index (χ1v) is 7.08. The Balaban J connectivity index is 2.19. The van der Waals surface area contributed by atoms with Crippen molar-refractivity contribution < 1.29 is 4.79 Å². The fourth-order valence-electron chi connectivity index (χ4n) is 1.61. The van der Waals surface area contributed by atoms with Crippen molar-refractivity contribution in [2.75, 3.05) is 7.05 Å². The van der Waals surface area contributed by atoms with Crippen LogP contribution in [-0.4, -0.2) is 28.1 Å². The van der Waals surface area contributed by atoms with Crippen LogP contribution in [0.3, 0.4) is 0 Å². The predicted octanol–water partition coefficient (Wildman–Crippen LogP) is 3.68. The largest absolute Gasteiger partial charge is 0.333 e. The molecule has 1 heterocycles. The van der Waals surface area contributed by atoms with Gasteiger partial charge in [-0.15, -0.1) is 10.2 Å². The molecule has 1 aromatic carbocycles. The molecule has 0 N–H and O–H groups in total. The summed E-state index contributed by atoms with van der Waals surface area (Å²) in [6, 6.07) is 7.29. The Bertz CT molecular complexity index is 602. The van der Waals surface area contributed by atoms with Crippen LogP contribution in [0.15, 0.2) is 24.3 Å². The van der Waals surface area contributed by atoms with Crippen molar-refractivity contribution in [1.82, 2.24) is 15.1 Å². The normalized spacial score (nSPS) is 12.2. The van der Waals surface area contributed by atoms with Gasteiger partial charge in [0.15, 0.2) is 0 Å². The summed E-state index contributed by atoms with van der Waals surface area (Å²) in [5.41, 5.74) is 0.957. The zero-order valence-corrected chi connectivity index (χ0v) is 12.6. The molecule has 0 spiro atoms. The second kappa shape index (κ2) is 5.86. The average molecular weight is 316 g/mol. The topological polar surface area (TPSA) is 46.1 Å². The van der Waals surface area contributed by atoms with Crippen molar-refractivity contribution in [3.8, 4) is 0 Å². The highest BCUT2D eigenvalue weighted by molar-refractivity contribution is 7.17. The van der Waals surface area contributed by atoms with Crippen molar-refractivity contribution >= 4 is 40.4 Å². The van der Waals surface area contributed by atoms with Crippen molar-refractivity contribution in [2.24, 2.45) is 0 Å². The van der Waals surface area contributed by atoms with E-state index in [9.17, 15) is 4.79 Å². The predicted molar refractivity (Wildman–Crippen MR) is 76.9 cm³/mol. The number of carbonyl (C=O) groups is 1. The minimum atomic E-state index is -0.211. The van der Waals surface area contributed by atoms with E-state index in [0.29, 0.717) is 5.02 Å². The number of rotatable bonds is 3. The zero-order chi connectivity index (χ0) is 14.0. The fourth-order valence-corrected chi connectivity index (χ4v) is 2.62. The lowest BCUT2D eigenvalue weighted by atomic mass is 10.1. The molecule has 0 aliphatic rings. The minimum absolute atomic E-state index is 0.117. The molecule has 1 unspecified atom stereocenters. The van der Waals surface area contributed by atoms with Gasteiger partial charge in [0, 0.05) is 12.1 Å². The summed E-state index contributed by atoms with van der Waals surface area (Å²) in [4.78, 5) is 13.8. The number of hydrogen-bond donors (Lipinski definition) is 0. The van der Waals surface area contributed by atoms with Crippen LogP contribution < -0.4 is 0 Å². The minimum Gasteiger partial charge on any atom is -0.333 e. The molecule has 1 amide bonds. The fraction of sp³-hybridized carbons (Fsp3) is 0.250. The van der Waals surface area contributed by atoms with Crippen LogP contribution in [0.2, 0.25) is 9.49 Å². The summed E-state index contributed by atoms with van der Waals surface area (Å²) >= 11 is 12.7. The molecule has 0 aliphatic carbocycles. The smallest absolute Gasteiger partial charge is 0.285 e. The number of hydrogen-bond acceptors (Lipinski definition) is 4. The highest BCUT2D eigenvalue weighted by Crippen LogP contribution is 2.24. The van der Waals surface area contributed by atoms with Crippen LogP contribution in [0.25, 0.3) is 0 Å². The lowest BCUT2D eigenvalue weighted by molar-refractivity contribution is 0.0741. The van der Waals surface area contributed by atoms with E-state index in [4.69, 9.17) is 23.2 Å². The molecule has 0 radical (unpaired) electrons. The van der Waals surface area contributed by atoms with Gasteiger partial charge in [-0.2, -0.15) is 0 Å². The van der Waals surface area contributed by atoms with E-state index >= 15 is 0 Å². The highest BCUT2D eigenvalue weighted by Gasteiger charge is 2.22. The second-order valence-electron chi connectivity index (χ2n) is 4.01. The average Bonchev–Trinajstić information content (AvgIpc) is 2.83. The zero-order valence-electron chi connectivity index (χ0n) is 10.3. The SMILES string of the molecule is CC(c1cccc(Cl)c1)N(C)C(=O)c1nnc(Cl)s1. The first-order chi connectivity index (χ1) is 8.99. The molecule has 2 rings (SSSR count). The molecule has 0 fully saturated rings. The number of halogens is 2. The highest BCUT2D eigenvalue weighted by atomic mass is 35.5. The van der Waals surface area contributed by atoms with Gasteiger partial charge in [-0.1, -0.05) is 35.1 Å². The number of carbonyl (C=O) groups excluding carboxylic acids is 1. The Morgan fingerprint density at radius 2 is 2.11 bits per heavy atom. The third-order valence-electron chi connectivity index (χ3n) is 2.82. The third kappa shape index (κ3) is 3.23. The van der Waals surface area contributed by atoms with Gasteiger partial charge in [0.2, 0.25) is 9.47 Å². The van der Waals surface area contributed by atoms with Gasteiger partial charge in [0.25, 0.3) is 5.91 Å². The van der Waals surface area contributed by atoms with E-state index in [1.165, 1.54) is 0 Å². The Morgan fingerprint density at radius 3 is 2.68 bits per heavy atom. The van der Waals surface area contributed by atoms with Crippen LogP contribution >= 0.6 is 34.5 Å². The van der Waals surface area contributed by atoms with Crippen LogP contribution in [0.4, 0.5) is 0 Å². The molecular weight excluding hydrogens is 305 g/mol. The van der Waals surface area contributed by atoms with Crippen LogP contribution in [-0.2, 0) is 0 Å². The quantitative estimate of drug-likeness (QED) is 0.868. The van der Waals surface area contributed by atoms with Gasteiger partial charge < -0.3 is 4.90 Å². The van der Waals surface area contributed by atoms with Gasteiger partial charge in [0.05, 0.1) is 6.04 Å².